The van der Waals surface area contributed by atoms with Gasteiger partial charge >= 0.3 is 5.97 Å². The van der Waals surface area contributed by atoms with Crippen LogP contribution in [-0.4, -0.2) is 132 Å². The Labute approximate surface area is 433 Å². The molecule has 2 aliphatic carbocycles. The summed E-state index contributed by atoms with van der Waals surface area (Å²) in [6.07, 6.45) is -8.04. The van der Waals surface area contributed by atoms with E-state index in [4.69, 9.17) is 52.1 Å². The minimum Gasteiger partial charge on any atom is -0.507 e. The number of aromatic hydroxyl groups is 3. The van der Waals surface area contributed by atoms with E-state index in [0.717, 1.165) is 30.4 Å². The van der Waals surface area contributed by atoms with Crippen molar-refractivity contribution < 1.29 is 91.7 Å². The highest BCUT2D eigenvalue weighted by atomic mass is 16.7. The number of benzene rings is 4. The van der Waals surface area contributed by atoms with Crippen LogP contribution in [0.3, 0.4) is 0 Å². The summed E-state index contributed by atoms with van der Waals surface area (Å²) < 4.78 is 68.5. The molecule has 0 aromatic heterocycles. The lowest BCUT2D eigenvalue weighted by atomic mass is 9.67. The molecule has 4 aromatic rings. The molecule has 0 unspecified atom stereocenters. The molecule has 9 rings (SSSR count). The first-order valence-corrected chi connectivity index (χ1v) is 25.2. The molecule has 5 aliphatic rings. The Morgan fingerprint density at radius 1 is 0.680 bits per heavy atom. The summed E-state index contributed by atoms with van der Waals surface area (Å²) in [5, 5.41) is 46.1. The number of fused-ring (bicyclic) bond motifs is 3. The molecule has 3 fully saturated rings. The van der Waals surface area contributed by atoms with Gasteiger partial charge in [-0.1, -0.05) is 31.2 Å². The van der Waals surface area contributed by atoms with Crippen LogP contribution in [0, 0.1) is 0 Å². The number of ether oxygens (including phenoxy) is 11. The van der Waals surface area contributed by atoms with Crippen LogP contribution in [0.2, 0.25) is 0 Å². The molecule has 0 amide bonds. The van der Waals surface area contributed by atoms with E-state index in [1.807, 2.05) is 55.5 Å². The average Bonchev–Trinajstić information content (AvgIpc) is 3.40. The predicted molar refractivity (Wildman–Crippen MR) is 263 cm³/mol. The smallest absolute Gasteiger partial charge is 0.316 e. The molecular weight excluding hydrogens is 977 g/mol. The average molecular weight is 1040 g/mol. The molecule has 0 spiro atoms. The standard InChI is InChI=1S/C56H64O19/c1-8-56(64)24-41(45-34(49(56)55(63)67-7)21-35-46(51(45)61)52(62)48-38(59)18-17-37(58)47(48)50(35)60)73-43-22-39(68-25-30-9-13-32(65-5)14-10-30)54(29(4)71-43)75-44-23-40(69-26-31-11-15-33(66-6)16-12-31)53(28(3)72-44)74-42-20-19-36(57)27(2)70-42/h9-18,21,27-29,39-44,49,53-54,58-59,61,64H,8,19-20,22-26H2,1-7H3/t27-,28-,29-,39-,40-,41-,42-,43-,44-,49-,53+,54+,56+/m0/s1. The molecule has 3 saturated heterocycles. The summed E-state index contributed by atoms with van der Waals surface area (Å²) in [6, 6.07) is 18.2. The maximum Gasteiger partial charge on any atom is 0.316 e. The number of carbonyl (C=O) groups excluding carboxylic acids is 4. The number of carbonyl (C=O) groups is 4. The predicted octanol–water partition coefficient (Wildman–Crippen LogP) is 6.76. The quantitative estimate of drug-likeness (QED) is 0.0588. The van der Waals surface area contributed by atoms with Gasteiger partial charge in [0.15, 0.2) is 30.4 Å². The number of hydrogen-bond acceptors (Lipinski definition) is 19. The van der Waals surface area contributed by atoms with Gasteiger partial charge in [0.2, 0.25) is 5.78 Å². The first kappa shape index (κ1) is 53.8. The molecular formula is C56H64O19. The van der Waals surface area contributed by atoms with Crippen LogP contribution in [0.1, 0.15) is 132 Å². The summed E-state index contributed by atoms with van der Waals surface area (Å²) in [6.45, 7) is 7.36. The molecule has 0 radical (unpaired) electrons. The van der Waals surface area contributed by atoms with Crippen molar-refractivity contribution in [2.45, 2.75) is 159 Å². The first-order chi connectivity index (χ1) is 35.9. The van der Waals surface area contributed by atoms with Crippen LogP contribution in [0.5, 0.6) is 28.7 Å². The van der Waals surface area contributed by atoms with Crippen LogP contribution >= 0.6 is 0 Å². The molecule has 0 bridgehead atoms. The fraction of sp³-hybridized carbons (Fsp3) is 0.500. The minimum absolute atomic E-state index is 0.00354. The summed E-state index contributed by atoms with van der Waals surface area (Å²) in [5.41, 5.74) is -2.07. The largest absolute Gasteiger partial charge is 0.507 e. The molecule has 3 aliphatic heterocycles. The summed E-state index contributed by atoms with van der Waals surface area (Å²) in [4.78, 5) is 54.3. The topological polar surface area (TPSA) is 251 Å². The highest BCUT2D eigenvalue weighted by molar-refractivity contribution is 6.31. The van der Waals surface area contributed by atoms with Gasteiger partial charge in [-0.05, 0) is 86.3 Å². The van der Waals surface area contributed by atoms with E-state index in [9.17, 15) is 39.6 Å². The Kier molecular flexibility index (Phi) is 16.0. The Morgan fingerprint density at radius 3 is 1.71 bits per heavy atom. The monoisotopic (exact) mass is 1040 g/mol. The molecule has 4 aromatic carbocycles. The number of Topliss-reactive ketones (excluding diaryl/α,β-unsaturated/α-hetero) is 1. The van der Waals surface area contributed by atoms with Gasteiger partial charge in [0, 0.05) is 43.2 Å². The number of phenolic OH excluding ortho intramolecular Hbond substituents is 3. The number of rotatable bonds is 16. The second-order valence-electron chi connectivity index (χ2n) is 19.7. The van der Waals surface area contributed by atoms with E-state index < -0.39 is 131 Å². The first-order valence-electron chi connectivity index (χ1n) is 25.2. The van der Waals surface area contributed by atoms with Gasteiger partial charge in [-0.25, -0.2) is 0 Å². The van der Waals surface area contributed by atoms with Crippen LogP contribution in [0.15, 0.2) is 66.7 Å². The lowest BCUT2D eigenvalue weighted by Crippen LogP contribution is -2.56. The van der Waals surface area contributed by atoms with Gasteiger partial charge in [0.05, 0.1) is 87.4 Å². The Balaban J connectivity index is 1.01. The van der Waals surface area contributed by atoms with Crippen LogP contribution in [-0.2, 0) is 65.4 Å². The second-order valence-corrected chi connectivity index (χ2v) is 19.7. The van der Waals surface area contributed by atoms with Crippen LogP contribution in [0.25, 0.3) is 0 Å². The summed E-state index contributed by atoms with van der Waals surface area (Å²) >= 11 is 0. The number of methoxy groups -OCH3 is 3. The zero-order chi connectivity index (χ0) is 53.5. The number of ketones is 3. The van der Waals surface area contributed by atoms with Gasteiger partial charge in [-0.15, -0.1) is 0 Å². The third kappa shape index (κ3) is 10.7. The van der Waals surface area contributed by atoms with E-state index in [1.54, 1.807) is 35.0 Å². The fourth-order valence-corrected chi connectivity index (χ4v) is 11.0. The minimum atomic E-state index is -1.87. The summed E-state index contributed by atoms with van der Waals surface area (Å²) in [7, 11) is 4.31. The van der Waals surface area contributed by atoms with E-state index in [2.05, 4.69) is 0 Å². The number of aliphatic hydroxyl groups is 1. The number of hydrogen-bond donors (Lipinski definition) is 4. The van der Waals surface area contributed by atoms with E-state index in [-0.39, 0.29) is 61.4 Å². The number of phenols is 3. The van der Waals surface area contributed by atoms with E-state index in [1.165, 1.54) is 6.07 Å². The maximum absolute atomic E-state index is 14.2. The van der Waals surface area contributed by atoms with Gasteiger partial charge in [-0.3, -0.25) is 19.2 Å². The van der Waals surface area contributed by atoms with Crippen molar-refractivity contribution in [3.8, 4) is 28.7 Å². The highest BCUT2D eigenvalue weighted by Crippen LogP contribution is 2.54. The maximum atomic E-state index is 14.2. The molecule has 19 nitrogen and oxygen atoms in total. The van der Waals surface area contributed by atoms with Gasteiger partial charge in [0.25, 0.3) is 0 Å². The molecule has 13 atom stereocenters. The van der Waals surface area contributed by atoms with Crippen molar-refractivity contribution in [2.75, 3.05) is 21.3 Å². The van der Waals surface area contributed by atoms with Crippen molar-refractivity contribution in [1.29, 1.82) is 0 Å². The zero-order valence-electron chi connectivity index (χ0n) is 42.8. The molecule has 19 heteroatoms. The van der Waals surface area contributed by atoms with Crippen molar-refractivity contribution in [1.82, 2.24) is 0 Å². The Bertz CT molecular complexity index is 2760. The van der Waals surface area contributed by atoms with Crippen molar-refractivity contribution in [3.05, 3.63) is 111 Å². The highest BCUT2D eigenvalue weighted by Gasteiger charge is 2.54. The van der Waals surface area contributed by atoms with Gasteiger partial charge in [0.1, 0.15) is 53.0 Å². The normalized spacial score (nSPS) is 30.5. The zero-order valence-corrected chi connectivity index (χ0v) is 42.8. The Hall–Kier alpha value is -6.00. The molecule has 0 saturated carbocycles. The van der Waals surface area contributed by atoms with Gasteiger partial charge in [-0.2, -0.15) is 0 Å². The lowest BCUT2D eigenvalue weighted by molar-refractivity contribution is -0.336. The van der Waals surface area contributed by atoms with E-state index in [0.29, 0.717) is 24.3 Å². The third-order valence-corrected chi connectivity index (χ3v) is 15.1. The lowest BCUT2D eigenvalue weighted by Gasteiger charge is -2.47. The second kappa shape index (κ2) is 22.3. The molecule has 75 heavy (non-hydrogen) atoms. The van der Waals surface area contributed by atoms with Crippen molar-refractivity contribution in [3.63, 3.8) is 0 Å². The van der Waals surface area contributed by atoms with Gasteiger partial charge < -0.3 is 72.5 Å². The summed E-state index contributed by atoms with van der Waals surface area (Å²) in [5.74, 6) is -4.70. The SMILES string of the molecule is CC[C@@]1(O)C[C@H](O[C@H]2C[C@H](OCc3ccc(OC)cc3)[C@H](O[C@H]3C[C@H](OCc4ccc(OC)cc4)[C@H](O[C@H]4CCC(=O)[C@H](C)O4)[C@H](C)O3)[C@H](C)O2)c2c(cc3c(c2O)C(=O)c2c(O)ccc(O)c2C3=O)[C@H]1C(=O)OC. The van der Waals surface area contributed by atoms with Crippen molar-refractivity contribution >= 4 is 23.3 Å². The van der Waals surface area contributed by atoms with Crippen molar-refractivity contribution in [2.24, 2.45) is 0 Å². The van der Waals surface area contributed by atoms with Crippen LogP contribution < -0.4 is 9.47 Å². The molecule has 4 N–H and O–H groups in total. The third-order valence-electron chi connectivity index (χ3n) is 15.1. The number of esters is 1. The molecule has 3 heterocycles. The fourth-order valence-electron chi connectivity index (χ4n) is 11.0. The van der Waals surface area contributed by atoms with Crippen LogP contribution in [0.4, 0.5) is 0 Å². The molecule has 402 valence electrons. The van der Waals surface area contributed by atoms with E-state index >= 15 is 0 Å². The Morgan fingerprint density at radius 2 is 1.20 bits per heavy atom.